The normalized spacial score (nSPS) is 24.7. The molecule has 2 heterocycles. The summed E-state index contributed by atoms with van der Waals surface area (Å²) in [4.78, 5) is 27.0. The molecule has 130 valence electrons. The van der Waals surface area contributed by atoms with Crippen molar-refractivity contribution in [3.8, 4) is 0 Å². The zero-order chi connectivity index (χ0) is 17.0. The summed E-state index contributed by atoms with van der Waals surface area (Å²) in [6, 6.07) is 7.12. The van der Waals surface area contributed by atoms with E-state index in [0.29, 0.717) is 12.1 Å². The Labute approximate surface area is 147 Å². The Morgan fingerprint density at radius 2 is 1.96 bits per heavy atom. The fourth-order valence-electron chi connectivity index (χ4n) is 3.30. The SMILES string of the molecule is Cc1ccc(C(=O)C(=O)NC[C@]2(N3CCOCC3)CCSC2)cc1. The third-order valence-electron chi connectivity index (χ3n) is 4.86. The molecule has 24 heavy (non-hydrogen) atoms. The first kappa shape index (κ1) is 17.5. The highest BCUT2D eigenvalue weighted by atomic mass is 32.2. The molecule has 0 saturated carbocycles. The third-order valence-corrected chi connectivity index (χ3v) is 6.10. The Bertz CT molecular complexity index is 591. The number of benzene rings is 1. The Morgan fingerprint density at radius 3 is 2.58 bits per heavy atom. The van der Waals surface area contributed by atoms with Crippen molar-refractivity contribution in [1.29, 1.82) is 0 Å². The second kappa shape index (κ2) is 7.68. The summed E-state index contributed by atoms with van der Waals surface area (Å²) in [5.41, 5.74) is 1.47. The number of ketones is 1. The predicted octanol–water partition coefficient (Wildman–Crippen LogP) is 1.50. The quantitative estimate of drug-likeness (QED) is 0.646. The van der Waals surface area contributed by atoms with Crippen LogP contribution in [0, 0.1) is 6.92 Å². The molecule has 0 aromatic heterocycles. The van der Waals surface area contributed by atoms with Crippen molar-refractivity contribution in [1.82, 2.24) is 10.2 Å². The summed E-state index contributed by atoms with van der Waals surface area (Å²) in [6.45, 7) is 5.74. The van der Waals surface area contributed by atoms with E-state index in [-0.39, 0.29) is 5.54 Å². The Kier molecular flexibility index (Phi) is 5.58. The fraction of sp³-hybridized carbons (Fsp3) is 0.556. The van der Waals surface area contributed by atoms with Crippen LogP contribution in [0.4, 0.5) is 0 Å². The number of carbonyl (C=O) groups is 2. The van der Waals surface area contributed by atoms with Gasteiger partial charge in [-0.2, -0.15) is 11.8 Å². The van der Waals surface area contributed by atoms with Crippen LogP contribution in [0.25, 0.3) is 0 Å². The first-order chi connectivity index (χ1) is 11.6. The molecule has 1 aromatic rings. The number of nitrogens with one attached hydrogen (secondary N) is 1. The minimum absolute atomic E-state index is 0.0440. The van der Waals surface area contributed by atoms with E-state index < -0.39 is 11.7 Å². The summed E-state index contributed by atoms with van der Waals surface area (Å²) in [7, 11) is 0. The lowest BCUT2D eigenvalue weighted by atomic mass is 9.95. The third kappa shape index (κ3) is 3.82. The summed E-state index contributed by atoms with van der Waals surface area (Å²) >= 11 is 1.91. The number of rotatable bonds is 5. The topological polar surface area (TPSA) is 58.6 Å². The van der Waals surface area contributed by atoms with Crippen LogP contribution in [-0.4, -0.2) is 66.5 Å². The predicted molar refractivity (Wildman–Crippen MR) is 95.6 cm³/mol. The zero-order valence-corrected chi connectivity index (χ0v) is 14.9. The van der Waals surface area contributed by atoms with Gasteiger partial charge in [0.05, 0.1) is 13.2 Å². The number of thioether (sulfide) groups is 1. The maximum absolute atomic E-state index is 12.3. The summed E-state index contributed by atoms with van der Waals surface area (Å²) in [5, 5.41) is 2.89. The van der Waals surface area contributed by atoms with Crippen molar-refractivity contribution in [2.24, 2.45) is 0 Å². The van der Waals surface area contributed by atoms with Crippen molar-refractivity contribution in [3.05, 3.63) is 35.4 Å². The van der Waals surface area contributed by atoms with Crippen LogP contribution >= 0.6 is 11.8 Å². The highest BCUT2D eigenvalue weighted by molar-refractivity contribution is 7.99. The van der Waals surface area contributed by atoms with E-state index in [1.165, 1.54) is 0 Å². The number of nitrogens with zero attached hydrogens (tertiary/aromatic N) is 1. The number of carbonyl (C=O) groups excluding carboxylic acids is 2. The van der Waals surface area contributed by atoms with E-state index in [2.05, 4.69) is 10.2 Å². The lowest BCUT2D eigenvalue weighted by Crippen LogP contribution is -2.59. The maximum atomic E-state index is 12.3. The molecule has 1 amide bonds. The molecule has 5 nitrogen and oxygen atoms in total. The van der Waals surface area contributed by atoms with Crippen LogP contribution in [0.3, 0.4) is 0 Å². The number of morpholine rings is 1. The number of aryl methyl sites for hydroxylation is 1. The van der Waals surface area contributed by atoms with Crippen LogP contribution in [0.5, 0.6) is 0 Å². The molecule has 0 unspecified atom stereocenters. The van der Waals surface area contributed by atoms with Crippen molar-refractivity contribution < 1.29 is 14.3 Å². The van der Waals surface area contributed by atoms with Gasteiger partial charge in [-0.25, -0.2) is 0 Å². The zero-order valence-electron chi connectivity index (χ0n) is 14.0. The monoisotopic (exact) mass is 348 g/mol. The maximum Gasteiger partial charge on any atom is 0.292 e. The second-order valence-electron chi connectivity index (χ2n) is 6.50. The Morgan fingerprint density at radius 1 is 1.25 bits per heavy atom. The van der Waals surface area contributed by atoms with E-state index >= 15 is 0 Å². The Balaban J connectivity index is 1.62. The first-order valence-electron chi connectivity index (χ1n) is 8.40. The molecule has 1 aromatic carbocycles. The summed E-state index contributed by atoms with van der Waals surface area (Å²) in [5.74, 6) is 1.12. The van der Waals surface area contributed by atoms with Gasteiger partial charge in [0.25, 0.3) is 5.91 Å². The number of amides is 1. The number of hydrogen-bond donors (Lipinski definition) is 1. The standard InChI is InChI=1S/C18H24N2O3S/c1-14-2-4-15(5-3-14)16(21)17(22)19-12-18(6-11-24-13-18)20-7-9-23-10-8-20/h2-5H,6-13H2,1H3,(H,19,22)/t18-/m1/s1. The molecular formula is C18H24N2O3S. The average molecular weight is 348 g/mol. The minimum Gasteiger partial charge on any atom is -0.379 e. The van der Waals surface area contributed by atoms with E-state index in [1.807, 2.05) is 30.8 Å². The highest BCUT2D eigenvalue weighted by Gasteiger charge is 2.41. The largest absolute Gasteiger partial charge is 0.379 e. The molecule has 3 rings (SSSR count). The first-order valence-corrected chi connectivity index (χ1v) is 9.56. The minimum atomic E-state index is -0.511. The van der Waals surface area contributed by atoms with Crippen molar-refractivity contribution in [2.45, 2.75) is 18.9 Å². The van der Waals surface area contributed by atoms with Crippen LogP contribution in [-0.2, 0) is 9.53 Å². The van der Waals surface area contributed by atoms with Gasteiger partial charge >= 0.3 is 0 Å². The number of Topliss-reactive ketones (excluding diaryl/α,β-unsaturated/α-hetero) is 1. The van der Waals surface area contributed by atoms with Gasteiger partial charge in [0.2, 0.25) is 5.78 Å². The summed E-state index contributed by atoms with van der Waals surface area (Å²) < 4.78 is 5.45. The number of ether oxygens (including phenoxy) is 1. The van der Waals surface area contributed by atoms with Gasteiger partial charge in [-0.1, -0.05) is 29.8 Å². The van der Waals surface area contributed by atoms with Crippen molar-refractivity contribution in [3.63, 3.8) is 0 Å². The fourth-order valence-corrected chi connectivity index (χ4v) is 4.77. The van der Waals surface area contributed by atoms with Crippen LogP contribution in [0.1, 0.15) is 22.3 Å². The molecule has 1 N–H and O–H groups in total. The average Bonchev–Trinajstić information content (AvgIpc) is 3.11. The van der Waals surface area contributed by atoms with E-state index in [4.69, 9.17) is 4.74 Å². The lowest BCUT2D eigenvalue weighted by molar-refractivity contribution is -0.117. The molecule has 0 spiro atoms. The van der Waals surface area contributed by atoms with Crippen LogP contribution < -0.4 is 5.32 Å². The molecular weight excluding hydrogens is 324 g/mol. The summed E-state index contributed by atoms with van der Waals surface area (Å²) in [6.07, 6.45) is 1.04. The molecule has 0 radical (unpaired) electrons. The van der Waals surface area contributed by atoms with Crippen LogP contribution in [0.2, 0.25) is 0 Å². The smallest absolute Gasteiger partial charge is 0.292 e. The van der Waals surface area contributed by atoms with E-state index in [9.17, 15) is 9.59 Å². The van der Waals surface area contributed by atoms with Gasteiger partial charge in [-0.05, 0) is 19.1 Å². The molecule has 2 aliphatic heterocycles. The highest BCUT2D eigenvalue weighted by Crippen LogP contribution is 2.33. The van der Waals surface area contributed by atoms with Crippen LogP contribution in [0.15, 0.2) is 24.3 Å². The molecule has 2 aliphatic rings. The van der Waals surface area contributed by atoms with Gasteiger partial charge in [0.15, 0.2) is 0 Å². The van der Waals surface area contributed by atoms with Crippen molar-refractivity contribution in [2.75, 3.05) is 44.4 Å². The van der Waals surface area contributed by atoms with Gasteiger partial charge in [-0.15, -0.1) is 0 Å². The van der Waals surface area contributed by atoms with E-state index in [1.54, 1.807) is 12.1 Å². The van der Waals surface area contributed by atoms with Gasteiger partial charge < -0.3 is 10.1 Å². The molecule has 2 saturated heterocycles. The molecule has 0 aliphatic carbocycles. The number of hydrogen-bond acceptors (Lipinski definition) is 5. The molecule has 2 fully saturated rings. The second-order valence-corrected chi connectivity index (χ2v) is 7.61. The molecule has 0 bridgehead atoms. The molecule has 6 heteroatoms. The molecule has 1 atom stereocenters. The van der Waals surface area contributed by atoms with Gasteiger partial charge in [-0.3, -0.25) is 14.5 Å². The van der Waals surface area contributed by atoms with Gasteiger partial charge in [0, 0.05) is 36.5 Å². The van der Waals surface area contributed by atoms with Gasteiger partial charge in [0.1, 0.15) is 0 Å². The lowest BCUT2D eigenvalue weighted by Gasteiger charge is -2.42. The Hall–Kier alpha value is -1.37. The van der Waals surface area contributed by atoms with E-state index in [0.717, 1.165) is 49.8 Å². The van der Waals surface area contributed by atoms with Crippen molar-refractivity contribution >= 4 is 23.5 Å².